The van der Waals surface area contributed by atoms with Gasteiger partial charge in [0.05, 0.1) is 11.0 Å². The molecule has 0 spiro atoms. The summed E-state index contributed by atoms with van der Waals surface area (Å²) in [7, 11) is 0. The van der Waals surface area contributed by atoms with Crippen LogP contribution in [0.25, 0.3) is 22.6 Å². The predicted molar refractivity (Wildman–Crippen MR) is 83.8 cm³/mol. The van der Waals surface area contributed by atoms with Gasteiger partial charge in [0.2, 0.25) is 5.89 Å². The number of aromatic nitrogens is 5. The Morgan fingerprint density at radius 1 is 1.14 bits per heavy atom. The molecule has 0 unspecified atom stereocenters. The Bertz CT molecular complexity index is 986. The third-order valence-corrected chi connectivity index (χ3v) is 3.50. The quantitative estimate of drug-likeness (QED) is 0.588. The molecular formula is C15H11N5OS. The molecule has 0 radical (unpaired) electrons. The fourth-order valence-corrected chi connectivity index (χ4v) is 2.53. The summed E-state index contributed by atoms with van der Waals surface area (Å²) in [6.45, 7) is 0.430. The fourth-order valence-electron chi connectivity index (χ4n) is 2.39. The van der Waals surface area contributed by atoms with E-state index in [4.69, 9.17) is 16.6 Å². The number of aromatic amines is 1. The van der Waals surface area contributed by atoms with E-state index in [1.165, 1.54) is 0 Å². The molecule has 0 bridgehead atoms. The summed E-state index contributed by atoms with van der Waals surface area (Å²) >= 11 is 4.93. The maximum absolute atomic E-state index is 5.38. The van der Waals surface area contributed by atoms with Crippen LogP contribution in [0, 0.1) is 4.84 Å². The molecule has 6 nitrogen and oxygen atoms in total. The Morgan fingerprint density at radius 3 is 2.77 bits per heavy atom. The largest absolute Gasteiger partial charge is 0.412 e. The Labute approximate surface area is 130 Å². The van der Waals surface area contributed by atoms with Gasteiger partial charge in [-0.2, -0.15) is 0 Å². The van der Waals surface area contributed by atoms with Crippen molar-refractivity contribution in [3.05, 3.63) is 59.4 Å². The Balaban J connectivity index is 1.92. The minimum Gasteiger partial charge on any atom is -0.412 e. The Hall–Kier alpha value is -2.80. The number of benzene rings is 1. The lowest BCUT2D eigenvalue weighted by molar-refractivity contribution is 0.469. The van der Waals surface area contributed by atoms with Crippen LogP contribution in [0.1, 0.15) is 5.89 Å². The third-order valence-electron chi connectivity index (χ3n) is 3.32. The van der Waals surface area contributed by atoms with E-state index in [9.17, 15) is 0 Å². The maximum Gasteiger partial charge on any atom is 0.284 e. The molecule has 0 saturated heterocycles. The van der Waals surface area contributed by atoms with Crippen LogP contribution >= 0.6 is 12.2 Å². The number of nitrogens with zero attached hydrogens (tertiary/aromatic N) is 4. The summed E-state index contributed by atoms with van der Waals surface area (Å²) in [5, 5.41) is 6.70. The zero-order chi connectivity index (χ0) is 14.9. The summed E-state index contributed by atoms with van der Waals surface area (Å²) in [6.07, 6.45) is 1.75. The van der Waals surface area contributed by atoms with Crippen molar-refractivity contribution < 1.29 is 4.42 Å². The molecule has 7 heteroatoms. The molecule has 3 heterocycles. The van der Waals surface area contributed by atoms with Crippen molar-refractivity contribution in [1.82, 2.24) is 24.7 Å². The van der Waals surface area contributed by atoms with Gasteiger partial charge in [0, 0.05) is 6.20 Å². The predicted octanol–water partition coefficient (Wildman–Crippen LogP) is 3.19. The number of pyridine rings is 1. The number of rotatable bonds is 3. The van der Waals surface area contributed by atoms with Gasteiger partial charge in [0.25, 0.3) is 4.84 Å². The van der Waals surface area contributed by atoms with Gasteiger partial charge in [0.15, 0.2) is 5.82 Å². The number of H-pyrrole nitrogens is 1. The van der Waals surface area contributed by atoms with Crippen molar-refractivity contribution in [2.75, 3.05) is 0 Å². The van der Waals surface area contributed by atoms with Crippen molar-refractivity contribution in [3.8, 4) is 11.5 Å². The zero-order valence-corrected chi connectivity index (χ0v) is 12.2. The Kier molecular flexibility index (Phi) is 3.05. The van der Waals surface area contributed by atoms with E-state index in [1.54, 1.807) is 6.20 Å². The normalized spacial score (nSPS) is 11.1. The molecule has 0 aliphatic rings. The van der Waals surface area contributed by atoms with Crippen molar-refractivity contribution in [2.45, 2.75) is 6.54 Å². The average Bonchev–Trinajstić information content (AvgIpc) is 3.13. The van der Waals surface area contributed by atoms with Gasteiger partial charge in [-0.3, -0.25) is 4.98 Å². The summed E-state index contributed by atoms with van der Waals surface area (Å²) in [5.41, 5.74) is 2.69. The van der Waals surface area contributed by atoms with Crippen LogP contribution in [0.15, 0.2) is 53.1 Å². The minimum absolute atomic E-state index is 0.263. The van der Waals surface area contributed by atoms with Gasteiger partial charge >= 0.3 is 0 Å². The van der Waals surface area contributed by atoms with Crippen molar-refractivity contribution in [1.29, 1.82) is 0 Å². The lowest BCUT2D eigenvalue weighted by Gasteiger charge is -2.05. The SMILES string of the molecule is S=c1[nH]nc(Cn2c(-c3ccccn3)nc3ccccc32)o1. The smallest absolute Gasteiger partial charge is 0.284 e. The van der Waals surface area contributed by atoms with Gasteiger partial charge < -0.3 is 8.98 Å². The second-order valence-electron chi connectivity index (χ2n) is 4.73. The van der Waals surface area contributed by atoms with E-state index >= 15 is 0 Å². The molecule has 1 aromatic carbocycles. The van der Waals surface area contributed by atoms with Gasteiger partial charge in [-0.25, -0.2) is 10.1 Å². The lowest BCUT2D eigenvalue weighted by atomic mass is 10.3. The van der Waals surface area contributed by atoms with Gasteiger partial charge in [-0.15, -0.1) is 5.10 Å². The summed E-state index contributed by atoms with van der Waals surface area (Å²) in [4.78, 5) is 9.33. The molecule has 108 valence electrons. The number of fused-ring (bicyclic) bond motifs is 1. The lowest BCUT2D eigenvalue weighted by Crippen LogP contribution is -2.03. The van der Waals surface area contributed by atoms with Crippen LogP contribution in [-0.4, -0.2) is 24.7 Å². The summed E-state index contributed by atoms with van der Waals surface area (Å²) < 4.78 is 7.40. The van der Waals surface area contributed by atoms with E-state index in [0.29, 0.717) is 12.4 Å². The first kappa shape index (κ1) is 12.9. The summed E-state index contributed by atoms with van der Waals surface area (Å²) in [6, 6.07) is 13.7. The molecule has 0 saturated carbocycles. The van der Waals surface area contributed by atoms with Crippen LogP contribution in [0.2, 0.25) is 0 Å². The number of para-hydroxylation sites is 2. The molecule has 3 aromatic heterocycles. The molecule has 4 rings (SSSR count). The molecule has 0 aliphatic heterocycles. The number of hydrogen-bond acceptors (Lipinski definition) is 5. The standard InChI is InChI=1S/C15H11N5OS/c22-15-19-18-13(21-15)9-20-12-7-2-1-5-10(12)17-14(20)11-6-3-4-8-16-11/h1-8H,9H2,(H,19,22). The first-order valence-corrected chi connectivity index (χ1v) is 7.13. The number of hydrogen-bond donors (Lipinski definition) is 1. The maximum atomic E-state index is 5.38. The van der Waals surface area contributed by atoms with Crippen LogP contribution in [0.5, 0.6) is 0 Å². The van der Waals surface area contributed by atoms with Crippen molar-refractivity contribution in [2.24, 2.45) is 0 Å². The second kappa shape index (κ2) is 5.19. The molecule has 0 amide bonds. The van der Waals surface area contributed by atoms with Crippen molar-refractivity contribution >= 4 is 23.3 Å². The van der Waals surface area contributed by atoms with Gasteiger partial charge in [-0.05, 0) is 36.5 Å². The first-order chi connectivity index (χ1) is 10.8. The number of nitrogens with one attached hydrogen (secondary N) is 1. The van der Waals surface area contributed by atoms with Crippen LogP contribution in [-0.2, 0) is 6.54 Å². The summed E-state index contributed by atoms with van der Waals surface area (Å²) in [5.74, 6) is 1.27. The second-order valence-corrected chi connectivity index (χ2v) is 5.10. The van der Waals surface area contributed by atoms with E-state index in [-0.39, 0.29) is 4.84 Å². The molecular weight excluding hydrogens is 298 g/mol. The Morgan fingerprint density at radius 2 is 2.00 bits per heavy atom. The minimum atomic E-state index is 0.263. The van der Waals surface area contributed by atoms with E-state index in [1.807, 2.05) is 47.0 Å². The highest BCUT2D eigenvalue weighted by Gasteiger charge is 2.15. The van der Waals surface area contributed by atoms with E-state index in [2.05, 4.69) is 20.2 Å². The third kappa shape index (κ3) is 2.21. The van der Waals surface area contributed by atoms with Crippen LogP contribution in [0.3, 0.4) is 0 Å². The monoisotopic (exact) mass is 309 g/mol. The molecule has 0 aliphatic carbocycles. The zero-order valence-electron chi connectivity index (χ0n) is 11.4. The highest BCUT2D eigenvalue weighted by atomic mass is 32.1. The van der Waals surface area contributed by atoms with Crippen LogP contribution < -0.4 is 0 Å². The first-order valence-electron chi connectivity index (χ1n) is 6.72. The topological polar surface area (TPSA) is 72.5 Å². The fraction of sp³-hybridized carbons (Fsp3) is 0.0667. The van der Waals surface area contributed by atoms with E-state index < -0.39 is 0 Å². The molecule has 1 N–H and O–H groups in total. The molecule has 0 fully saturated rings. The highest BCUT2D eigenvalue weighted by Crippen LogP contribution is 2.24. The van der Waals surface area contributed by atoms with Crippen molar-refractivity contribution in [3.63, 3.8) is 0 Å². The highest BCUT2D eigenvalue weighted by molar-refractivity contribution is 7.71. The van der Waals surface area contributed by atoms with E-state index in [0.717, 1.165) is 22.6 Å². The van der Waals surface area contributed by atoms with Gasteiger partial charge in [0.1, 0.15) is 12.2 Å². The van der Waals surface area contributed by atoms with Gasteiger partial charge in [-0.1, -0.05) is 18.2 Å². The van der Waals surface area contributed by atoms with Crippen LogP contribution in [0.4, 0.5) is 0 Å². The molecule has 0 atom stereocenters. The molecule has 4 aromatic rings. The molecule has 22 heavy (non-hydrogen) atoms. The average molecular weight is 309 g/mol. The number of imidazole rings is 1.